The standard InChI is InChI=1S/C6H15O2Si2/c1-9-7-5-4-6-10(2,3)8-9/h4-6H2,1-3H3. The molecule has 1 heterocycles. The Morgan fingerprint density at radius 1 is 1.40 bits per heavy atom. The second-order valence-corrected chi connectivity index (χ2v) is 9.41. The van der Waals surface area contributed by atoms with Crippen LogP contribution in [-0.4, -0.2) is 24.2 Å². The summed E-state index contributed by atoms with van der Waals surface area (Å²) in [5.41, 5.74) is 0. The van der Waals surface area contributed by atoms with Crippen molar-refractivity contribution in [2.45, 2.75) is 32.1 Å². The zero-order valence-electron chi connectivity index (χ0n) is 6.94. The van der Waals surface area contributed by atoms with Crippen LogP contribution in [0.2, 0.25) is 25.7 Å². The van der Waals surface area contributed by atoms with Gasteiger partial charge in [0.2, 0.25) is 0 Å². The first-order valence-corrected chi connectivity index (χ1v) is 8.69. The van der Waals surface area contributed by atoms with E-state index < -0.39 is 17.6 Å². The molecule has 1 fully saturated rings. The molecule has 1 rings (SSSR count). The van der Waals surface area contributed by atoms with Crippen LogP contribution in [0, 0.1) is 0 Å². The SMILES string of the molecule is C[Si]1OCCC[Si](C)(C)O1. The first kappa shape index (κ1) is 8.45. The lowest BCUT2D eigenvalue weighted by molar-refractivity contribution is 0.284. The van der Waals surface area contributed by atoms with Gasteiger partial charge < -0.3 is 8.54 Å². The molecule has 0 unspecified atom stereocenters. The normalized spacial score (nSPS) is 27.9. The van der Waals surface area contributed by atoms with Crippen LogP contribution in [0.5, 0.6) is 0 Å². The van der Waals surface area contributed by atoms with E-state index in [0.29, 0.717) is 0 Å². The average Bonchev–Trinajstić information content (AvgIpc) is 1.90. The van der Waals surface area contributed by atoms with E-state index in [1.54, 1.807) is 0 Å². The maximum Gasteiger partial charge on any atom is 0.370 e. The zero-order chi connectivity index (χ0) is 7.61. The molecule has 10 heavy (non-hydrogen) atoms. The van der Waals surface area contributed by atoms with Gasteiger partial charge in [0.15, 0.2) is 8.32 Å². The summed E-state index contributed by atoms with van der Waals surface area (Å²) in [4.78, 5) is 0. The lowest BCUT2D eigenvalue weighted by Gasteiger charge is -2.21. The largest absolute Gasteiger partial charge is 0.435 e. The summed E-state index contributed by atoms with van der Waals surface area (Å²) in [6.45, 7) is 7.55. The second-order valence-electron chi connectivity index (χ2n) is 3.31. The quantitative estimate of drug-likeness (QED) is 0.522. The molecule has 0 saturated carbocycles. The zero-order valence-corrected chi connectivity index (χ0v) is 8.94. The van der Waals surface area contributed by atoms with Crippen LogP contribution in [0.3, 0.4) is 0 Å². The molecular formula is C6H15O2Si2. The van der Waals surface area contributed by atoms with Gasteiger partial charge in [0.05, 0.1) is 0 Å². The summed E-state index contributed by atoms with van der Waals surface area (Å²) < 4.78 is 11.3. The molecule has 1 saturated heterocycles. The third-order valence-corrected chi connectivity index (χ3v) is 7.18. The van der Waals surface area contributed by atoms with Crippen LogP contribution in [-0.2, 0) is 8.54 Å². The second kappa shape index (κ2) is 3.17. The molecule has 0 aromatic carbocycles. The Morgan fingerprint density at radius 2 is 2.10 bits per heavy atom. The van der Waals surface area contributed by atoms with Gasteiger partial charge in [-0.25, -0.2) is 0 Å². The van der Waals surface area contributed by atoms with Gasteiger partial charge in [0.1, 0.15) is 0 Å². The van der Waals surface area contributed by atoms with Crippen LogP contribution in [0.1, 0.15) is 6.42 Å². The van der Waals surface area contributed by atoms with Crippen molar-refractivity contribution in [2.24, 2.45) is 0 Å². The molecule has 4 heteroatoms. The summed E-state index contributed by atoms with van der Waals surface area (Å²) in [6, 6.07) is 1.26. The van der Waals surface area contributed by atoms with Crippen molar-refractivity contribution in [3.63, 3.8) is 0 Å². The van der Waals surface area contributed by atoms with Gasteiger partial charge in [0.25, 0.3) is 0 Å². The minimum atomic E-state index is -1.28. The lowest BCUT2D eigenvalue weighted by Crippen LogP contribution is -2.35. The Balaban J connectivity index is 2.46. The van der Waals surface area contributed by atoms with Crippen LogP contribution in [0.4, 0.5) is 0 Å². The molecule has 2 nitrogen and oxygen atoms in total. The highest BCUT2D eigenvalue weighted by molar-refractivity contribution is 6.77. The number of rotatable bonds is 0. The smallest absolute Gasteiger partial charge is 0.370 e. The Bertz CT molecular complexity index is 116. The van der Waals surface area contributed by atoms with Crippen molar-refractivity contribution in [3.8, 4) is 0 Å². The maximum atomic E-state index is 5.82. The highest BCUT2D eigenvalue weighted by Gasteiger charge is 2.28. The van der Waals surface area contributed by atoms with Crippen molar-refractivity contribution >= 4 is 17.6 Å². The predicted octanol–water partition coefficient (Wildman–Crippen LogP) is 1.75. The van der Waals surface area contributed by atoms with Crippen LogP contribution in [0.15, 0.2) is 0 Å². The predicted molar refractivity (Wildman–Crippen MR) is 45.6 cm³/mol. The minimum Gasteiger partial charge on any atom is -0.435 e. The fraction of sp³-hybridized carbons (Fsp3) is 1.00. The van der Waals surface area contributed by atoms with Crippen molar-refractivity contribution < 1.29 is 8.54 Å². The summed E-state index contributed by atoms with van der Waals surface area (Å²) in [6.07, 6.45) is 1.20. The fourth-order valence-corrected chi connectivity index (χ4v) is 6.37. The molecule has 1 radical (unpaired) electrons. The maximum absolute atomic E-state index is 5.82. The van der Waals surface area contributed by atoms with E-state index in [4.69, 9.17) is 8.54 Å². The van der Waals surface area contributed by atoms with Crippen LogP contribution >= 0.6 is 0 Å². The molecule has 0 aromatic rings. The van der Waals surface area contributed by atoms with Gasteiger partial charge in [-0.05, 0) is 32.1 Å². The van der Waals surface area contributed by atoms with Gasteiger partial charge in [0, 0.05) is 6.61 Å². The molecule has 0 amide bonds. The Hall–Kier alpha value is 0.354. The molecule has 0 aromatic heterocycles. The number of hydrogen-bond donors (Lipinski definition) is 0. The first-order valence-electron chi connectivity index (χ1n) is 3.75. The van der Waals surface area contributed by atoms with Crippen molar-refractivity contribution in [1.29, 1.82) is 0 Å². The van der Waals surface area contributed by atoms with Gasteiger partial charge in [-0.3, -0.25) is 0 Å². The molecule has 0 aliphatic carbocycles. The molecule has 0 spiro atoms. The van der Waals surface area contributed by atoms with Gasteiger partial charge in [-0.1, -0.05) is 0 Å². The third kappa shape index (κ3) is 2.53. The number of hydrogen-bond acceptors (Lipinski definition) is 2. The molecule has 0 atom stereocenters. The van der Waals surface area contributed by atoms with Crippen molar-refractivity contribution in [1.82, 2.24) is 0 Å². The van der Waals surface area contributed by atoms with E-state index in [9.17, 15) is 0 Å². The van der Waals surface area contributed by atoms with Crippen LogP contribution < -0.4 is 0 Å². The molecule has 0 bridgehead atoms. The van der Waals surface area contributed by atoms with Gasteiger partial charge in [-0.15, -0.1) is 0 Å². The van der Waals surface area contributed by atoms with E-state index in [-0.39, 0.29) is 0 Å². The highest BCUT2D eigenvalue weighted by Crippen LogP contribution is 2.18. The van der Waals surface area contributed by atoms with E-state index in [2.05, 4.69) is 19.6 Å². The Morgan fingerprint density at radius 3 is 2.80 bits per heavy atom. The van der Waals surface area contributed by atoms with E-state index in [1.165, 1.54) is 12.5 Å². The molecular weight excluding hydrogens is 160 g/mol. The summed E-state index contributed by atoms with van der Waals surface area (Å²) in [7, 11) is -2.16. The topological polar surface area (TPSA) is 18.5 Å². The van der Waals surface area contributed by atoms with Gasteiger partial charge in [-0.2, -0.15) is 0 Å². The monoisotopic (exact) mass is 175 g/mol. The minimum absolute atomic E-state index is 0.874. The fourth-order valence-electron chi connectivity index (χ4n) is 1.18. The van der Waals surface area contributed by atoms with E-state index >= 15 is 0 Å². The summed E-state index contributed by atoms with van der Waals surface area (Å²) in [5.74, 6) is 0. The molecule has 0 N–H and O–H groups in total. The highest BCUT2D eigenvalue weighted by atomic mass is 28.4. The van der Waals surface area contributed by atoms with Crippen molar-refractivity contribution in [2.75, 3.05) is 6.61 Å². The lowest BCUT2D eigenvalue weighted by atomic mass is 10.5. The van der Waals surface area contributed by atoms with Crippen LogP contribution in [0.25, 0.3) is 0 Å². The summed E-state index contributed by atoms with van der Waals surface area (Å²) >= 11 is 0. The van der Waals surface area contributed by atoms with Crippen molar-refractivity contribution in [3.05, 3.63) is 0 Å². The molecule has 1 aliphatic heterocycles. The Kier molecular flexibility index (Phi) is 2.68. The van der Waals surface area contributed by atoms with Gasteiger partial charge >= 0.3 is 9.28 Å². The molecule has 1 aliphatic rings. The summed E-state index contributed by atoms with van der Waals surface area (Å²) in [5, 5.41) is 0. The average molecular weight is 175 g/mol. The van der Waals surface area contributed by atoms with E-state index in [0.717, 1.165) is 6.61 Å². The third-order valence-electron chi connectivity index (χ3n) is 1.65. The van der Waals surface area contributed by atoms with E-state index in [1.807, 2.05) is 0 Å². The Labute approximate surface area is 65.5 Å². The first-order chi connectivity index (χ1) is 4.60. The molecule has 59 valence electrons.